The maximum atomic E-state index is 12.1. The molecule has 0 saturated carbocycles. The van der Waals surface area contributed by atoms with Crippen LogP contribution >= 0.6 is 11.8 Å². The van der Waals surface area contributed by atoms with Gasteiger partial charge in [-0.2, -0.15) is 0 Å². The highest BCUT2D eigenvalue weighted by Gasteiger charge is 2.12. The van der Waals surface area contributed by atoms with Crippen LogP contribution in [-0.4, -0.2) is 14.0 Å². The van der Waals surface area contributed by atoms with Gasteiger partial charge < -0.3 is 4.57 Å². The number of aryl methyl sites for hydroxylation is 2. The monoisotopic (exact) mass is 313 g/mol. The molecule has 0 spiro atoms. The fourth-order valence-corrected chi connectivity index (χ4v) is 3.48. The third kappa shape index (κ3) is 2.95. The summed E-state index contributed by atoms with van der Waals surface area (Å²) in [5.74, 6) is 1.62. The first kappa shape index (κ1) is 14.9. The van der Waals surface area contributed by atoms with Crippen LogP contribution in [-0.2, 0) is 12.3 Å². The smallest absolute Gasteiger partial charge is 0.259 e. The second kappa shape index (κ2) is 6.40. The molecule has 1 aromatic carbocycles. The lowest BCUT2D eigenvalue weighted by molar-refractivity contribution is 0.646. The van der Waals surface area contributed by atoms with Gasteiger partial charge in [0.2, 0.25) is 5.78 Å². The quantitative estimate of drug-likeness (QED) is 0.677. The van der Waals surface area contributed by atoms with Gasteiger partial charge in [-0.25, -0.2) is 4.98 Å². The molecule has 0 fully saturated rings. The van der Waals surface area contributed by atoms with Crippen LogP contribution in [0.5, 0.6) is 0 Å². The molecule has 0 bridgehead atoms. The van der Waals surface area contributed by atoms with Gasteiger partial charge in [0.25, 0.3) is 5.56 Å². The molecular weight excluding hydrogens is 294 g/mol. The number of rotatable bonds is 5. The standard InChI is InChI=1S/C17H19N3OS/c1-3-9-19-16(22-12-14-7-5-4-6-8-14)11-20-15(21)10-13(2)18-17(19)20/h4-8,10-11H,3,9,12H2,1-2H3. The number of fused-ring (bicyclic) bond motifs is 1. The Morgan fingerprint density at radius 3 is 2.73 bits per heavy atom. The van der Waals surface area contributed by atoms with Crippen LogP contribution in [0, 0.1) is 6.92 Å². The second-order valence-corrected chi connectivity index (χ2v) is 6.29. The highest BCUT2D eigenvalue weighted by molar-refractivity contribution is 7.98. The molecule has 22 heavy (non-hydrogen) atoms. The Hall–Kier alpha value is -2.01. The van der Waals surface area contributed by atoms with Crippen molar-refractivity contribution in [3.05, 3.63) is 64.2 Å². The minimum Gasteiger partial charge on any atom is -0.305 e. The zero-order chi connectivity index (χ0) is 15.5. The van der Waals surface area contributed by atoms with Gasteiger partial charge >= 0.3 is 0 Å². The Bertz CT molecular complexity index is 836. The van der Waals surface area contributed by atoms with Crippen molar-refractivity contribution in [2.24, 2.45) is 0 Å². The Morgan fingerprint density at radius 1 is 1.23 bits per heavy atom. The van der Waals surface area contributed by atoms with Gasteiger partial charge in [-0.3, -0.25) is 9.20 Å². The zero-order valence-corrected chi connectivity index (χ0v) is 13.6. The van der Waals surface area contributed by atoms with Crippen LogP contribution < -0.4 is 5.56 Å². The van der Waals surface area contributed by atoms with Gasteiger partial charge in [0.1, 0.15) is 0 Å². The van der Waals surface area contributed by atoms with Crippen LogP contribution in [0.3, 0.4) is 0 Å². The van der Waals surface area contributed by atoms with E-state index in [1.165, 1.54) is 5.56 Å². The molecule has 114 valence electrons. The third-order valence-corrected chi connectivity index (χ3v) is 4.58. The first-order valence-electron chi connectivity index (χ1n) is 7.45. The van der Waals surface area contributed by atoms with E-state index in [4.69, 9.17) is 0 Å². The highest BCUT2D eigenvalue weighted by Crippen LogP contribution is 2.25. The molecule has 5 heteroatoms. The van der Waals surface area contributed by atoms with E-state index in [-0.39, 0.29) is 5.56 Å². The summed E-state index contributed by atoms with van der Waals surface area (Å²) in [6, 6.07) is 11.9. The van der Waals surface area contributed by atoms with E-state index in [0.29, 0.717) is 0 Å². The van der Waals surface area contributed by atoms with Crippen molar-refractivity contribution in [3.63, 3.8) is 0 Å². The van der Waals surface area contributed by atoms with E-state index >= 15 is 0 Å². The van der Waals surface area contributed by atoms with Crippen molar-refractivity contribution in [1.29, 1.82) is 0 Å². The van der Waals surface area contributed by atoms with Crippen molar-refractivity contribution in [2.75, 3.05) is 0 Å². The topological polar surface area (TPSA) is 39.3 Å². The van der Waals surface area contributed by atoms with Gasteiger partial charge in [-0.15, -0.1) is 11.8 Å². The maximum absolute atomic E-state index is 12.1. The van der Waals surface area contributed by atoms with E-state index in [2.05, 4.69) is 28.6 Å². The molecule has 0 radical (unpaired) electrons. The van der Waals surface area contributed by atoms with Crippen molar-refractivity contribution in [2.45, 2.75) is 37.6 Å². The Labute approximate surface area is 133 Å². The number of benzene rings is 1. The molecule has 0 saturated heterocycles. The van der Waals surface area contributed by atoms with Crippen molar-refractivity contribution < 1.29 is 0 Å². The summed E-state index contributed by atoms with van der Waals surface area (Å²) in [4.78, 5) is 16.7. The minimum atomic E-state index is -0.0149. The Balaban J connectivity index is 1.99. The van der Waals surface area contributed by atoms with Crippen molar-refractivity contribution in [1.82, 2.24) is 14.0 Å². The van der Waals surface area contributed by atoms with Gasteiger partial charge in [-0.05, 0) is 18.9 Å². The summed E-state index contributed by atoms with van der Waals surface area (Å²) in [6.45, 7) is 4.86. The van der Waals surface area contributed by atoms with E-state index in [1.54, 1.807) is 22.2 Å². The first-order chi connectivity index (χ1) is 10.7. The molecule has 0 N–H and O–H groups in total. The second-order valence-electron chi connectivity index (χ2n) is 5.30. The number of thioether (sulfide) groups is 1. The van der Waals surface area contributed by atoms with Crippen molar-refractivity contribution >= 4 is 17.5 Å². The molecule has 4 nitrogen and oxygen atoms in total. The molecule has 0 amide bonds. The number of nitrogens with zero attached hydrogens (tertiary/aromatic N) is 3. The molecule has 0 atom stereocenters. The zero-order valence-electron chi connectivity index (χ0n) is 12.8. The number of aromatic nitrogens is 3. The molecule has 3 rings (SSSR count). The van der Waals surface area contributed by atoms with E-state index in [9.17, 15) is 4.79 Å². The van der Waals surface area contributed by atoms with Crippen LogP contribution in [0.25, 0.3) is 5.78 Å². The third-order valence-electron chi connectivity index (χ3n) is 3.49. The number of hydrogen-bond donors (Lipinski definition) is 0. The van der Waals surface area contributed by atoms with E-state index in [1.807, 2.05) is 31.3 Å². The minimum absolute atomic E-state index is 0.0149. The van der Waals surface area contributed by atoms with Crippen molar-refractivity contribution in [3.8, 4) is 0 Å². The lowest BCUT2D eigenvalue weighted by Crippen LogP contribution is -2.14. The lowest BCUT2D eigenvalue weighted by atomic mass is 10.2. The Morgan fingerprint density at radius 2 is 2.00 bits per heavy atom. The maximum Gasteiger partial charge on any atom is 0.259 e. The van der Waals surface area contributed by atoms with Crippen LogP contribution in [0.15, 0.2) is 52.4 Å². The fourth-order valence-electron chi connectivity index (χ4n) is 2.46. The largest absolute Gasteiger partial charge is 0.305 e. The average Bonchev–Trinajstić information content (AvgIpc) is 2.85. The summed E-state index contributed by atoms with van der Waals surface area (Å²) in [5.41, 5.74) is 2.02. The molecule has 0 aliphatic heterocycles. The average molecular weight is 313 g/mol. The normalized spacial score (nSPS) is 11.2. The lowest BCUT2D eigenvalue weighted by Gasteiger charge is -2.07. The molecule has 3 aromatic rings. The number of imidazole rings is 1. The summed E-state index contributed by atoms with van der Waals surface area (Å²) >= 11 is 1.74. The Kier molecular flexibility index (Phi) is 4.34. The van der Waals surface area contributed by atoms with E-state index < -0.39 is 0 Å². The highest BCUT2D eigenvalue weighted by atomic mass is 32.2. The molecular formula is C17H19N3OS. The predicted octanol–water partition coefficient (Wildman–Crippen LogP) is 3.51. The molecule has 2 aromatic heterocycles. The predicted molar refractivity (Wildman–Crippen MR) is 90.5 cm³/mol. The molecule has 0 aliphatic carbocycles. The molecule has 0 aliphatic rings. The van der Waals surface area contributed by atoms with Crippen LogP contribution in [0.1, 0.15) is 24.6 Å². The SMILES string of the molecule is CCCn1c(SCc2ccccc2)cn2c(=O)cc(C)nc12. The summed E-state index contributed by atoms with van der Waals surface area (Å²) in [7, 11) is 0. The summed E-state index contributed by atoms with van der Waals surface area (Å²) in [5, 5.41) is 1.08. The number of hydrogen-bond acceptors (Lipinski definition) is 3. The summed E-state index contributed by atoms with van der Waals surface area (Å²) in [6.07, 6.45) is 2.92. The van der Waals surface area contributed by atoms with Gasteiger partial charge in [0.15, 0.2) is 0 Å². The first-order valence-corrected chi connectivity index (χ1v) is 8.44. The molecule has 2 heterocycles. The summed E-state index contributed by atoms with van der Waals surface area (Å²) < 4.78 is 3.79. The molecule has 0 unspecified atom stereocenters. The van der Waals surface area contributed by atoms with Gasteiger partial charge in [0, 0.05) is 30.3 Å². The van der Waals surface area contributed by atoms with E-state index in [0.717, 1.165) is 35.2 Å². The van der Waals surface area contributed by atoms with Gasteiger partial charge in [-0.1, -0.05) is 37.3 Å². The fraction of sp³-hybridized carbons (Fsp3) is 0.294. The van der Waals surface area contributed by atoms with Gasteiger partial charge in [0.05, 0.1) is 5.03 Å². The van der Waals surface area contributed by atoms with Crippen LogP contribution in [0.2, 0.25) is 0 Å². The van der Waals surface area contributed by atoms with Crippen LogP contribution in [0.4, 0.5) is 0 Å².